The molecule has 3 heterocycles. The average molecular weight is 474 g/mol. The Balaban J connectivity index is 1.47. The Kier molecular flexibility index (Phi) is 5.49. The summed E-state index contributed by atoms with van der Waals surface area (Å²) in [5.41, 5.74) is 1.94. The van der Waals surface area contributed by atoms with Gasteiger partial charge >= 0.3 is 0 Å². The third-order valence-electron chi connectivity index (χ3n) is 4.36. The number of carbonyl (C=O) groups excluding carboxylic acids is 1. The molecule has 1 aromatic carbocycles. The number of aryl methyl sites for hydroxylation is 1. The highest BCUT2D eigenvalue weighted by Crippen LogP contribution is 2.12. The highest BCUT2D eigenvalue weighted by molar-refractivity contribution is 9.10. The fraction of sp³-hybridized carbons (Fsp3) is 0.222. The maximum absolute atomic E-state index is 12.8. The van der Waals surface area contributed by atoms with Crippen molar-refractivity contribution in [2.24, 2.45) is 0 Å². The van der Waals surface area contributed by atoms with Gasteiger partial charge in [-0.2, -0.15) is 5.10 Å². The van der Waals surface area contributed by atoms with Gasteiger partial charge in [-0.05, 0) is 36.2 Å². The minimum absolute atomic E-state index is 0.153. The highest BCUT2D eigenvalue weighted by atomic mass is 79.9. The van der Waals surface area contributed by atoms with Crippen molar-refractivity contribution in [3.63, 3.8) is 0 Å². The van der Waals surface area contributed by atoms with Gasteiger partial charge in [0, 0.05) is 11.0 Å². The van der Waals surface area contributed by atoms with Crippen LogP contribution in [0.4, 0.5) is 0 Å². The van der Waals surface area contributed by atoms with E-state index in [4.69, 9.17) is 0 Å². The van der Waals surface area contributed by atoms with Crippen LogP contribution in [-0.4, -0.2) is 41.4 Å². The minimum atomic E-state index is -0.223. The van der Waals surface area contributed by atoms with Crippen LogP contribution in [0.1, 0.15) is 20.9 Å². The number of benzene rings is 1. The number of halogens is 1. The molecule has 0 aliphatic heterocycles. The lowest BCUT2D eigenvalue weighted by molar-refractivity contribution is 0.0955. The van der Waals surface area contributed by atoms with Gasteiger partial charge in [0.2, 0.25) is 0 Å². The predicted molar refractivity (Wildman–Crippen MR) is 112 cm³/mol. The molecular weight excluding hydrogens is 458 g/mol. The van der Waals surface area contributed by atoms with Crippen LogP contribution in [0.15, 0.2) is 46.1 Å². The van der Waals surface area contributed by atoms with Crippen molar-refractivity contribution in [3.05, 3.63) is 67.8 Å². The van der Waals surface area contributed by atoms with Gasteiger partial charge in [0.15, 0.2) is 5.65 Å². The molecule has 0 bridgehead atoms. The van der Waals surface area contributed by atoms with Gasteiger partial charge in [0.25, 0.3) is 11.5 Å². The number of hydrogen-bond acceptors (Lipinski definition) is 7. The summed E-state index contributed by atoms with van der Waals surface area (Å²) in [5.74, 6) is -0.223. The second-order valence-electron chi connectivity index (χ2n) is 6.35. The van der Waals surface area contributed by atoms with Gasteiger partial charge in [-0.3, -0.25) is 14.2 Å². The van der Waals surface area contributed by atoms with Crippen molar-refractivity contribution in [1.29, 1.82) is 0 Å². The molecule has 0 saturated carbocycles. The average Bonchev–Trinajstić information content (AvgIpc) is 3.32. The molecule has 9 nitrogen and oxygen atoms in total. The normalized spacial score (nSPS) is 11.1. The van der Waals surface area contributed by atoms with Crippen LogP contribution in [0.3, 0.4) is 0 Å². The summed E-state index contributed by atoms with van der Waals surface area (Å²) >= 11 is 4.46. The van der Waals surface area contributed by atoms with E-state index in [-0.39, 0.29) is 11.5 Å². The van der Waals surface area contributed by atoms with E-state index in [1.807, 2.05) is 24.3 Å². The third-order valence-corrected chi connectivity index (χ3v) is 5.71. The summed E-state index contributed by atoms with van der Waals surface area (Å²) in [4.78, 5) is 29.8. The lowest BCUT2D eigenvalue weighted by Gasteiger charge is -2.07. The van der Waals surface area contributed by atoms with Crippen molar-refractivity contribution in [2.45, 2.75) is 20.0 Å². The molecule has 4 rings (SSSR count). The smallest absolute Gasteiger partial charge is 0.265 e. The predicted octanol–water partition coefficient (Wildman–Crippen LogP) is 1.99. The van der Waals surface area contributed by atoms with E-state index >= 15 is 0 Å². The monoisotopic (exact) mass is 473 g/mol. The number of hydrogen-bond donors (Lipinski definition) is 1. The van der Waals surface area contributed by atoms with Crippen LogP contribution in [-0.2, 0) is 13.1 Å². The van der Waals surface area contributed by atoms with Crippen molar-refractivity contribution in [3.8, 4) is 0 Å². The number of rotatable bonds is 6. The first-order valence-electron chi connectivity index (χ1n) is 8.75. The molecule has 0 aliphatic carbocycles. The maximum Gasteiger partial charge on any atom is 0.265 e. The zero-order valence-corrected chi connectivity index (χ0v) is 17.8. The third kappa shape index (κ3) is 4.10. The van der Waals surface area contributed by atoms with Crippen molar-refractivity contribution in [1.82, 2.24) is 34.2 Å². The van der Waals surface area contributed by atoms with E-state index < -0.39 is 0 Å². The number of nitrogens with zero attached hydrogens (tertiary/aromatic N) is 6. The fourth-order valence-corrected chi connectivity index (χ4v) is 3.69. The van der Waals surface area contributed by atoms with Crippen LogP contribution >= 0.6 is 27.5 Å². The molecule has 0 spiro atoms. The summed E-state index contributed by atoms with van der Waals surface area (Å²) in [5, 5.41) is 11.3. The molecule has 0 unspecified atom stereocenters. The molecule has 0 radical (unpaired) electrons. The number of carbonyl (C=O) groups is 1. The number of nitrogens with one attached hydrogen (secondary N) is 1. The molecule has 29 heavy (non-hydrogen) atoms. The van der Waals surface area contributed by atoms with Crippen molar-refractivity contribution in [2.75, 3.05) is 6.54 Å². The second kappa shape index (κ2) is 8.21. The molecule has 0 aliphatic rings. The largest absolute Gasteiger partial charge is 0.349 e. The molecule has 3 aromatic heterocycles. The second-order valence-corrected chi connectivity index (χ2v) is 8.02. The van der Waals surface area contributed by atoms with E-state index in [1.54, 1.807) is 16.2 Å². The van der Waals surface area contributed by atoms with E-state index in [9.17, 15) is 9.59 Å². The quantitative estimate of drug-likeness (QED) is 0.458. The van der Waals surface area contributed by atoms with Crippen molar-refractivity contribution >= 4 is 44.4 Å². The van der Waals surface area contributed by atoms with Gasteiger partial charge in [-0.1, -0.05) is 32.6 Å². The summed E-state index contributed by atoms with van der Waals surface area (Å²) in [6, 6.07) is 7.77. The van der Waals surface area contributed by atoms with E-state index in [1.165, 1.54) is 12.5 Å². The van der Waals surface area contributed by atoms with Gasteiger partial charge in [-0.15, -0.1) is 5.10 Å². The topological polar surface area (TPSA) is 108 Å². The lowest BCUT2D eigenvalue weighted by atomic mass is 10.2. The van der Waals surface area contributed by atoms with Crippen LogP contribution in [0.2, 0.25) is 0 Å². The Morgan fingerprint density at radius 2 is 2.07 bits per heavy atom. The highest BCUT2D eigenvalue weighted by Gasteiger charge is 2.14. The minimum Gasteiger partial charge on any atom is -0.349 e. The van der Waals surface area contributed by atoms with Crippen LogP contribution in [0.25, 0.3) is 11.0 Å². The Labute approximate surface area is 177 Å². The molecule has 0 saturated heterocycles. The molecule has 1 N–H and O–H groups in total. The fourth-order valence-electron chi connectivity index (χ4n) is 2.86. The molecule has 11 heteroatoms. The van der Waals surface area contributed by atoms with E-state index in [2.05, 4.69) is 40.9 Å². The molecule has 0 fully saturated rings. The maximum atomic E-state index is 12.8. The Morgan fingerprint density at radius 3 is 2.79 bits per heavy atom. The summed E-state index contributed by atoms with van der Waals surface area (Å²) in [7, 11) is 0. The Morgan fingerprint density at radius 1 is 1.28 bits per heavy atom. The SMILES string of the molecule is Cc1nnsc1C(=O)NCCn1ncc2c(=O)n(Cc3ccc(Br)cc3)cnc21. The van der Waals surface area contributed by atoms with E-state index in [0.29, 0.717) is 41.2 Å². The first-order chi connectivity index (χ1) is 14.0. The summed E-state index contributed by atoms with van der Waals surface area (Å²) in [6.07, 6.45) is 3.04. The van der Waals surface area contributed by atoms with Crippen molar-refractivity contribution < 1.29 is 4.79 Å². The number of amides is 1. The van der Waals surface area contributed by atoms with Crippen LogP contribution in [0, 0.1) is 6.92 Å². The Hall–Kier alpha value is -2.92. The molecule has 148 valence electrons. The Bertz CT molecular complexity index is 1230. The number of fused-ring (bicyclic) bond motifs is 1. The lowest BCUT2D eigenvalue weighted by Crippen LogP contribution is -2.27. The number of aromatic nitrogens is 6. The molecular formula is C18H16BrN7O2S. The molecule has 1 amide bonds. The summed E-state index contributed by atoms with van der Waals surface area (Å²) < 4.78 is 7.91. The van der Waals surface area contributed by atoms with Gasteiger partial charge in [-0.25, -0.2) is 9.67 Å². The zero-order chi connectivity index (χ0) is 20.4. The van der Waals surface area contributed by atoms with Gasteiger partial charge in [0.1, 0.15) is 16.6 Å². The van der Waals surface area contributed by atoms with Crippen LogP contribution in [0.5, 0.6) is 0 Å². The summed E-state index contributed by atoms with van der Waals surface area (Å²) in [6.45, 7) is 2.90. The van der Waals surface area contributed by atoms with E-state index in [0.717, 1.165) is 21.6 Å². The molecule has 0 atom stereocenters. The molecule has 4 aromatic rings. The first-order valence-corrected chi connectivity index (χ1v) is 10.3. The first kappa shape index (κ1) is 19.4. The van der Waals surface area contributed by atoms with Gasteiger partial charge in [0.05, 0.1) is 25.0 Å². The standard InChI is InChI=1S/C18H16BrN7O2S/c1-11-15(29-24-23-11)17(27)20-6-7-26-16-14(8-22-26)18(28)25(10-21-16)9-12-2-4-13(19)5-3-12/h2-5,8,10H,6-7,9H2,1H3,(H,20,27). The zero-order valence-electron chi connectivity index (χ0n) is 15.4. The van der Waals surface area contributed by atoms with Gasteiger partial charge < -0.3 is 5.32 Å². The van der Waals surface area contributed by atoms with Crippen LogP contribution < -0.4 is 10.9 Å².